The molecule has 0 spiro atoms. The molecule has 0 aromatic heterocycles. The van der Waals surface area contributed by atoms with E-state index in [0.29, 0.717) is 19.3 Å². The summed E-state index contributed by atoms with van der Waals surface area (Å²) < 4.78 is 10.6. The van der Waals surface area contributed by atoms with Crippen LogP contribution < -0.4 is 0 Å². The van der Waals surface area contributed by atoms with Gasteiger partial charge in [0.25, 0.3) is 0 Å². The summed E-state index contributed by atoms with van der Waals surface area (Å²) in [5, 5.41) is 9.50. The van der Waals surface area contributed by atoms with E-state index in [-0.39, 0.29) is 12.2 Å². The molecule has 1 N–H and O–H groups in total. The molecular weight excluding hydrogens is 226 g/mol. The first-order valence-electron chi connectivity index (χ1n) is 5.68. The van der Waals surface area contributed by atoms with Crippen LogP contribution >= 0.6 is 0 Å². The Bertz CT molecular complexity index is 283. The Labute approximate surface area is 100 Å². The van der Waals surface area contributed by atoms with Crippen molar-refractivity contribution in [1.82, 2.24) is 4.90 Å². The summed E-state index contributed by atoms with van der Waals surface area (Å²) in [6, 6.07) is 0. The molecular formula is C11H19NO5. The van der Waals surface area contributed by atoms with E-state index in [1.807, 2.05) is 0 Å². The van der Waals surface area contributed by atoms with Gasteiger partial charge in [-0.25, -0.2) is 4.79 Å². The number of imide groups is 1. The Morgan fingerprint density at radius 2 is 2.24 bits per heavy atom. The largest absolute Gasteiger partial charge is 0.443 e. The fourth-order valence-corrected chi connectivity index (χ4v) is 1.71. The van der Waals surface area contributed by atoms with Crippen LogP contribution in [0.3, 0.4) is 0 Å². The Morgan fingerprint density at radius 3 is 2.76 bits per heavy atom. The van der Waals surface area contributed by atoms with Crippen molar-refractivity contribution in [2.75, 3.05) is 7.05 Å². The molecule has 0 aromatic rings. The Balaban J connectivity index is 2.45. The second-order valence-corrected chi connectivity index (χ2v) is 4.33. The van der Waals surface area contributed by atoms with Crippen LogP contribution in [0.4, 0.5) is 4.79 Å². The van der Waals surface area contributed by atoms with E-state index < -0.39 is 18.3 Å². The predicted molar refractivity (Wildman–Crippen MR) is 59.3 cm³/mol. The highest BCUT2D eigenvalue weighted by atomic mass is 16.6. The number of hydrogen-bond donors (Lipinski definition) is 1. The fraction of sp³-hybridized carbons (Fsp3) is 0.818. The fourth-order valence-electron chi connectivity index (χ4n) is 1.71. The van der Waals surface area contributed by atoms with Crippen molar-refractivity contribution < 1.29 is 24.2 Å². The lowest BCUT2D eigenvalue weighted by molar-refractivity contribution is -0.143. The van der Waals surface area contributed by atoms with E-state index in [4.69, 9.17) is 9.47 Å². The molecule has 2 amide bonds. The summed E-state index contributed by atoms with van der Waals surface area (Å²) in [5.41, 5.74) is 0. The van der Waals surface area contributed by atoms with Crippen LogP contribution in [0.1, 0.15) is 26.7 Å². The van der Waals surface area contributed by atoms with Crippen LogP contribution in [0.25, 0.3) is 0 Å². The third-order valence-electron chi connectivity index (χ3n) is 2.93. The van der Waals surface area contributed by atoms with E-state index in [1.165, 1.54) is 7.05 Å². The standard InChI is InChI=1S/C11H19NO5/c1-7-9(14)4-5-10(16-7)8(2)17-11(15)12(3)6-13/h6-10,14H,4-5H2,1-3H3/t7-,8?,9?,10?/m0/s1. The maximum atomic E-state index is 11.3. The molecule has 1 fully saturated rings. The summed E-state index contributed by atoms with van der Waals surface area (Å²) in [6.45, 7) is 3.49. The smallest absolute Gasteiger partial charge is 0.416 e. The van der Waals surface area contributed by atoms with E-state index in [1.54, 1.807) is 13.8 Å². The number of aliphatic hydroxyl groups excluding tert-OH is 1. The number of aliphatic hydroxyl groups is 1. The number of nitrogens with zero attached hydrogens (tertiary/aromatic N) is 1. The molecule has 0 aromatic carbocycles. The lowest BCUT2D eigenvalue weighted by Crippen LogP contribution is -2.44. The highest BCUT2D eigenvalue weighted by Gasteiger charge is 2.32. The first kappa shape index (κ1) is 13.9. The Hall–Kier alpha value is -1.14. The molecule has 1 rings (SSSR count). The molecule has 0 saturated carbocycles. The zero-order valence-electron chi connectivity index (χ0n) is 10.3. The van der Waals surface area contributed by atoms with Crippen molar-refractivity contribution in [3.05, 3.63) is 0 Å². The van der Waals surface area contributed by atoms with Gasteiger partial charge in [-0.1, -0.05) is 0 Å². The van der Waals surface area contributed by atoms with Gasteiger partial charge in [-0.3, -0.25) is 9.69 Å². The lowest BCUT2D eigenvalue weighted by Gasteiger charge is -2.34. The van der Waals surface area contributed by atoms with Crippen molar-refractivity contribution in [3.63, 3.8) is 0 Å². The summed E-state index contributed by atoms with van der Waals surface area (Å²) in [7, 11) is 1.33. The summed E-state index contributed by atoms with van der Waals surface area (Å²) >= 11 is 0. The van der Waals surface area contributed by atoms with Crippen LogP contribution in [0.5, 0.6) is 0 Å². The molecule has 0 radical (unpaired) electrons. The first-order chi connectivity index (χ1) is 7.95. The van der Waals surface area contributed by atoms with Crippen molar-refractivity contribution in [1.29, 1.82) is 0 Å². The van der Waals surface area contributed by atoms with Gasteiger partial charge >= 0.3 is 6.09 Å². The number of carbonyl (C=O) groups excluding carboxylic acids is 2. The van der Waals surface area contributed by atoms with Crippen LogP contribution in [0, 0.1) is 0 Å². The summed E-state index contributed by atoms with van der Waals surface area (Å²) in [4.78, 5) is 22.5. The van der Waals surface area contributed by atoms with Gasteiger partial charge in [0.05, 0.1) is 18.3 Å². The van der Waals surface area contributed by atoms with Crippen molar-refractivity contribution in [3.8, 4) is 0 Å². The number of ether oxygens (including phenoxy) is 2. The molecule has 6 nitrogen and oxygen atoms in total. The van der Waals surface area contributed by atoms with Gasteiger partial charge in [-0.2, -0.15) is 0 Å². The lowest BCUT2D eigenvalue weighted by atomic mass is 9.99. The average molecular weight is 245 g/mol. The van der Waals surface area contributed by atoms with Crippen molar-refractivity contribution in [2.24, 2.45) is 0 Å². The number of hydrogen-bond acceptors (Lipinski definition) is 5. The second kappa shape index (κ2) is 5.97. The van der Waals surface area contributed by atoms with E-state index >= 15 is 0 Å². The second-order valence-electron chi connectivity index (χ2n) is 4.33. The molecule has 0 aliphatic carbocycles. The van der Waals surface area contributed by atoms with Gasteiger partial charge in [0.15, 0.2) is 0 Å². The monoisotopic (exact) mass is 245 g/mol. The third kappa shape index (κ3) is 3.67. The van der Waals surface area contributed by atoms with Crippen molar-refractivity contribution >= 4 is 12.5 Å². The van der Waals surface area contributed by atoms with Gasteiger partial charge in [-0.15, -0.1) is 0 Å². The number of rotatable bonds is 3. The molecule has 4 atom stereocenters. The average Bonchev–Trinajstić information content (AvgIpc) is 2.31. The molecule has 1 aliphatic rings. The Morgan fingerprint density at radius 1 is 1.59 bits per heavy atom. The molecule has 98 valence electrons. The maximum absolute atomic E-state index is 11.3. The van der Waals surface area contributed by atoms with Crippen molar-refractivity contribution in [2.45, 2.75) is 51.1 Å². The maximum Gasteiger partial charge on any atom is 0.416 e. The zero-order valence-corrected chi connectivity index (χ0v) is 10.3. The van der Waals surface area contributed by atoms with Crippen LogP contribution in [-0.4, -0.2) is 54.0 Å². The van der Waals surface area contributed by atoms with Crippen LogP contribution in [0.2, 0.25) is 0 Å². The number of carbonyl (C=O) groups is 2. The summed E-state index contributed by atoms with van der Waals surface area (Å²) in [5.74, 6) is 0. The minimum Gasteiger partial charge on any atom is -0.443 e. The summed E-state index contributed by atoms with van der Waals surface area (Å²) in [6.07, 6.45) is -0.469. The van der Waals surface area contributed by atoms with E-state index in [9.17, 15) is 14.7 Å². The minimum atomic E-state index is -0.699. The molecule has 1 heterocycles. The first-order valence-corrected chi connectivity index (χ1v) is 5.68. The molecule has 1 saturated heterocycles. The minimum absolute atomic E-state index is 0.239. The molecule has 3 unspecified atom stereocenters. The normalized spacial score (nSPS) is 30.5. The van der Waals surface area contributed by atoms with E-state index in [2.05, 4.69) is 0 Å². The van der Waals surface area contributed by atoms with Gasteiger partial charge in [0.2, 0.25) is 6.41 Å². The Kier molecular flexibility index (Phi) is 4.89. The van der Waals surface area contributed by atoms with Crippen LogP contribution in [0.15, 0.2) is 0 Å². The molecule has 1 aliphatic heterocycles. The van der Waals surface area contributed by atoms with Gasteiger partial charge in [-0.05, 0) is 26.7 Å². The third-order valence-corrected chi connectivity index (χ3v) is 2.93. The highest BCUT2D eigenvalue weighted by Crippen LogP contribution is 2.23. The molecule has 17 heavy (non-hydrogen) atoms. The van der Waals surface area contributed by atoms with Crippen LogP contribution in [-0.2, 0) is 14.3 Å². The molecule has 0 bridgehead atoms. The quantitative estimate of drug-likeness (QED) is 0.734. The van der Waals surface area contributed by atoms with Gasteiger partial charge in [0.1, 0.15) is 6.10 Å². The zero-order chi connectivity index (χ0) is 13.0. The topological polar surface area (TPSA) is 76.1 Å². The molecule has 6 heteroatoms. The highest BCUT2D eigenvalue weighted by molar-refractivity contribution is 5.79. The number of amides is 2. The van der Waals surface area contributed by atoms with Gasteiger partial charge in [0, 0.05) is 7.05 Å². The van der Waals surface area contributed by atoms with Gasteiger partial charge < -0.3 is 14.6 Å². The predicted octanol–water partition coefficient (Wildman–Crippen LogP) is 0.528. The SMILES string of the molecule is CC(OC(=O)N(C)C=O)C1CCC(O)[C@H](C)O1. The van der Waals surface area contributed by atoms with E-state index in [0.717, 1.165) is 4.90 Å².